The third-order valence-corrected chi connectivity index (χ3v) is 3.98. The van der Waals surface area contributed by atoms with Crippen molar-refractivity contribution in [3.8, 4) is 0 Å². The molecule has 23 heavy (non-hydrogen) atoms. The van der Waals surface area contributed by atoms with Crippen molar-refractivity contribution >= 4 is 36.1 Å². The van der Waals surface area contributed by atoms with Crippen molar-refractivity contribution in [2.24, 2.45) is 0 Å². The van der Waals surface area contributed by atoms with Gasteiger partial charge >= 0.3 is 0 Å². The van der Waals surface area contributed by atoms with Crippen molar-refractivity contribution in [1.82, 2.24) is 4.90 Å². The van der Waals surface area contributed by atoms with E-state index in [2.05, 4.69) is 0 Å². The third-order valence-electron chi connectivity index (χ3n) is 3.98. The zero-order valence-electron chi connectivity index (χ0n) is 13.6. The quantitative estimate of drug-likeness (QED) is 0.705. The summed E-state index contributed by atoms with van der Waals surface area (Å²) in [4.78, 5) is 28.1. The summed E-state index contributed by atoms with van der Waals surface area (Å²) in [6.45, 7) is 2.64. The Labute approximate surface area is 135 Å². The van der Waals surface area contributed by atoms with Crippen molar-refractivity contribution < 1.29 is 13.9 Å². The molecule has 1 aliphatic heterocycles. The van der Waals surface area contributed by atoms with E-state index < -0.39 is 0 Å². The summed E-state index contributed by atoms with van der Waals surface area (Å²) in [5, 5.41) is 0.437. The highest BCUT2D eigenvalue weighted by atomic mass is 16.5. The van der Waals surface area contributed by atoms with Crippen molar-refractivity contribution in [2.45, 2.75) is 0 Å². The molecular weight excluding hydrogens is 295 g/mol. The average molecular weight is 314 g/mol. The average Bonchev–Trinajstić information content (AvgIpc) is 2.55. The number of anilines is 1. The van der Waals surface area contributed by atoms with Gasteiger partial charge in [0, 0.05) is 38.8 Å². The van der Waals surface area contributed by atoms with Crippen molar-refractivity contribution in [1.29, 1.82) is 0 Å². The molecule has 7 heteroatoms. The predicted octanol–water partition coefficient (Wildman–Crippen LogP) is -0.410. The fraction of sp³-hybridized carbons (Fsp3) is 0.375. The van der Waals surface area contributed by atoms with Crippen molar-refractivity contribution in [2.75, 3.05) is 45.3 Å². The number of carbonyl (C=O) groups excluding carboxylic acids is 1. The van der Waals surface area contributed by atoms with Gasteiger partial charge in [-0.25, -0.2) is 0 Å². The van der Waals surface area contributed by atoms with Crippen LogP contribution in [0.25, 0.3) is 11.0 Å². The molecule has 2 aromatic rings. The molecule has 0 radical (unpaired) electrons. The molecule has 1 aliphatic rings. The van der Waals surface area contributed by atoms with Gasteiger partial charge in [0.15, 0.2) is 11.3 Å². The zero-order chi connectivity index (χ0) is 16.6. The van der Waals surface area contributed by atoms with E-state index in [1.54, 1.807) is 26.2 Å². The maximum atomic E-state index is 12.5. The topological polar surface area (TPSA) is 63.0 Å². The third kappa shape index (κ3) is 2.96. The van der Waals surface area contributed by atoms with Gasteiger partial charge in [-0.05, 0) is 11.5 Å². The number of benzene rings is 1. The van der Waals surface area contributed by atoms with Gasteiger partial charge in [0.1, 0.15) is 13.4 Å². The summed E-state index contributed by atoms with van der Waals surface area (Å²) in [6.07, 6.45) is 0. The Morgan fingerprint density at radius 2 is 1.91 bits per heavy atom. The second-order valence-electron chi connectivity index (χ2n) is 5.92. The monoisotopic (exact) mass is 314 g/mol. The van der Waals surface area contributed by atoms with Gasteiger partial charge in [0.05, 0.1) is 18.6 Å². The molecule has 120 valence electrons. The molecule has 1 aromatic heterocycles. The van der Waals surface area contributed by atoms with Crippen LogP contribution in [0, 0.1) is 0 Å². The lowest BCUT2D eigenvalue weighted by Crippen LogP contribution is -2.36. The Hall–Kier alpha value is -2.28. The molecule has 0 unspecified atom stereocenters. The Morgan fingerprint density at radius 1 is 1.22 bits per heavy atom. The second-order valence-corrected chi connectivity index (χ2v) is 5.92. The Morgan fingerprint density at radius 3 is 2.57 bits per heavy atom. The first-order chi connectivity index (χ1) is 11.0. The van der Waals surface area contributed by atoms with Crippen LogP contribution in [0.5, 0.6) is 0 Å². The van der Waals surface area contributed by atoms with E-state index in [1.165, 1.54) is 11.0 Å². The molecule has 1 aromatic carbocycles. The number of morpholine rings is 1. The summed E-state index contributed by atoms with van der Waals surface area (Å²) in [5.41, 5.74) is 1.67. The van der Waals surface area contributed by atoms with Gasteiger partial charge in [-0.1, -0.05) is 6.07 Å². The van der Waals surface area contributed by atoms with E-state index >= 15 is 0 Å². The molecule has 3 rings (SSSR count). The zero-order valence-corrected chi connectivity index (χ0v) is 13.6. The number of nitrogens with zero attached hydrogens (tertiary/aromatic N) is 2. The van der Waals surface area contributed by atoms with Gasteiger partial charge in [0.25, 0.3) is 5.91 Å². The number of fused-ring (bicyclic) bond motifs is 1. The van der Waals surface area contributed by atoms with Gasteiger partial charge < -0.3 is 19.0 Å². The lowest BCUT2D eigenvalue weighted by atomic mass is 9.91. The highest BCUT2D eigenvalue weighted by Gasteiger charge is 2.18. The van der Waals surface area contributed by atoms with Crippen molar-refractivity contribution in [3.05, 3.63) is 34.0 Å². The lowest BCUT2D eigenvalue weighted by molar-refractivity contribution is 0.0828. The first kappa shape index (κ1) is 15.6. The smallest absolute Gasteiger partial charge is 0.253 e. The maximum absolute atomic E-state index is 12.5. The van der Waals surface area contributed by atoms with E-state index in [1.807, 2.05) is 12.7 Å². The van der Waals surface area contributed by atoms with E-state index in [9.17, 15) is 9.59 Å². The normalized spacial score (nSPS) is 15.0. The van der Waals surface area contributed by atoms with Crippen LogP contribution in [0.15, 0.2) is 27.4 Å². The van der Waals surface area contributed by atoms with Gasteiger partial charge in [-0.3, -0.25) is 9.59 Å². The molecule has 0 bridgehead atoms. The van der Waals surface area contributed by atoms with E-state index in [4.69, 9.17) is 9.15 Å². The predicted molar refractivity (Wildman–Crippen MR) is 91.7 cm³/mol. The first-order valence-electron chi connectivity index (χ1n) is 7.60. The molecule has 2 heterocycles. The number of hydrogen-bond acceptors (Lipinski definition) is 5. The highest BCUT2D eigenvalue weighted by Crippen LogP contribution is 2.20. The Kier molecular flexibility index (Phi) is 4.13. The van der Waals surface area contributed by atoms with Gasteiger partial charge in [-0.15, -0.1) is 0 Å². The molecular formula is C16H19BN2O4. The van der Waals surface area contributed by atoms with Crippen LogP contribution in [0.2, 0.25) is 0 Å². The molecule has 1 saturated heterocycles. The molecule has 0 atom stereocenters. The number of ether oxygens (including phenoxy) is 1. The summed E-state index contributed by atoms with van der Waals surface area (Å²) in [5.74, 6) is 0.423. The minimum absolute atomic E-state index is 0.133. The minimum atomic E-state index is -0.135. The largest absolute Gasteiger partial charge is 0.441 e. The summed E-state index contributed by atoms with van der Waals surface area (Å²) in [7, 11) is 5.22. The van der Waals surface area contributed by atoms with Crippen molar-refractivity contribution in [3.63, 3.8) is 0 Å². The summed E-state index contributed by atoms with van der Waals surface area (Å²) < 4.78 is 11.3. The highest BCUT2D eigenvalue weighted by molar-refractivity contribution is 6.38. The molecule has 6 nitrogen and oxygen atoms in total. The maximum Gasteiger partial charge on any atom is 0.253 e. The Bertz CT molecular complexity index is 810. The molecule has 0 aliphatic carbocycles. The standard InChI is InChI=1S/C16H19BN2O4/c1-18(2)16(21)10-7-11-13(20)9-14(19-3-5-22-6-4-19)23-15(11)12(17)8-10/h7-9H,3-6,17H2,1-2H3. The van der Waals surface area contributed by atoms with E-state index in [-0.39, 0.29) is 11.3 Å². The molecule has 1 fully saturated rings. The van der Waals surface area contributed by atoms with E-state index in [0.717, 1.165) is 5.46 Å². The van der Waals surface area contributed by atoms with Crippen LogP contribution in [0.3, 0.4) is 0 Å². The van der Waals surface area contributed by atoms with Gasteiger partial charge in [-0.2, -0.15) is 0 Å². The van der Waals surface area contributed by atoms with Crippen LogP contribution in [-0.2, 0) is 4.74 Å². The SMILES string of the molecule is Bc1cc(C(=O)N(C)C)cc2c(=O)cc(N3CCOCC3)oc12. The lowest BCUT2D eigenvalue weighted by Gasteiger charge is -2.27. The van der Waals surface area contributed by atoms with Crippen LogP contribution in [0.1, 0.15) is 10.4 Å². The number of amides is 1. The fourth-order valence-corrected chi connectivity index (χ4v) is 2.74. The van der Waals surface area contributed by atoms with Crippen LogP contribution < -0.4 is 15.8 Å². The summed E-state index contributed by atoms with van der Waals surface area (Å²) in [6, 6.07) is 4.87. The minimum Gasteiger partial charge on any atom is -0.441 e. The van der Waals surface area contributed by atoms with Crippen LogP contribution in [-0.4, -0.2) is 59.1 Å². The molecule has 0 saturated carbocycles. The summed E-state index contributed by atoms with van der Waals surface area (Å²) >= 11 is 0. The molecule has 0 N–H and O–H groups in total. The first-order valence-corrected chi connectivity index (χ1v) is 7.60. The second kappa shape index (κ2) is 6.08. The molecule has 0 spiro atoms. The fourth-order valence-electron chi connectivity index (χ4n) is 2.74. The number of rotatable bonds is 2. The number of hydrogen-bond donors (Lipinski definition) is 0. The van der Waals surface area contributed by atoms with Crippen LogP contribution >= 0.6 is 0 Å². The molecule has 1 amide bonds. The van der Waals surface area contributed by atoms with E-state index in [0.29, 0.717) is 48.7 Å². The number of carbonyl (C=O) groups is 1. The Balaban J connectivity index is 2.11. The van der Waals surface area contributed by atoms with Gasteiger partial charge in [0.2, 0.25) is 0 Å². The van der Waals surface area contributed by atoms with Crippen LogP contribution in [0.4, 0.5) is 5.88 Å².